The van der Waals surface area contributed by atoms with Crippen molar-refractivity contribution in [3.8, 4) is 5.00 Å². The van der Waals surface area contributed by atoms with Crippen LogP contribution >= 0.6 is 11.3 Å². The van der Waals surface area contributed by atoms with Gasteiger partial charge in [0.2, 0.25) is 0 Å². The molecule has 15 heavy (non-hydrogen) atoms. The normalized spacial score (nSPS) is 10.5. The summed E-state index contributed by atoms with van der Waals surface area (Å²) >= 11 is 1.64. The summed E-state index contributed by atoms with van der Waals surface area (Å²) in [5.74, 6) is 0.286. The number of hydrogen-bond acceptors (Lipinski definition) is 3. The average molecular weight is 220 g/mol. The van der Waals surface area contributed by atoms with Crippen molar-refractivity contribution < 1.29 is 4.79 Å². The molecule has 0 bridgehead atoms. The molecule has 2 rings (SSSR count). The number of carbonyl (C=O) groups is 1. The summed E-state index contributed by atoms with van der Waals surface area (Å²) in [5.41, 5.74) is 0. The van der Waals surface area contributed by atoms with Crippen molar-refractivity contribution in [2.24, 2.45) is 0 Å². The molecule has 0 aliphatic heterocycles. The molecule has 0 aromatic carbocycles. The van der Waals surface area contributed by atoms with Gasteiger partial charge in [-0.3, -0.25) is 9.36 Å². The topological polar surface area (TPSA) is 34.9 Å². The first-order valence-corrected chi connectivity index (χ1v) is 5.70. The third-order valence-electron chi connectivity index (χ3n) is 2.17. The lowest BCUT2D eigenvalue weighted by molar-refractivity contribution is -0.118. The summed E-state index contributed by atoms with van der Waals surface area (Å²) in [6, 6.07) is 4.03. The maximum atomic E-state index is 11.3. The Balaban J connectivity index is 2.14. The summed E-state index contributed by atoms with van der Waals surface area (Å²) < 4.78 is 1.95. The average Bonchev–Trinajstić information content (AvgIpc) is 2.85. The molecule has 0 radical (unpaired) electrons. The van der Waals surface area contributed by atoms with Gasteiger partial charge >= 0.3 is 0 Å². The zero-order valence-corrected chi connectivity index (χ0v) is 9.33. The second-order valence-corrected chi connectivity index (χ2v) is 4.43. The standard InChI is InChI=1S/C11H12N2OS/c1-2-9(14)7-10-3-4-11(15-10)13-6-5-12-8-13/h3-6,8H,2,7H2,1H3. The number of aromatic nitrogens is 2. The Morgan fingerprint density at radius 1 is 1.53 bits per heavy atom. The molecule has 0 saturated carbocycles. The number of rotatable bonds is 4. The van der Waals surface area contributed by atoms with Gasteiger partial charge in [-0.05, 0) is 12.1 Å². The smallest absolute Gasteiger partial charge is 0.137 e. The first-order chi connectivity index (χ1) is 7.29. The molecule has 0 N–H and O–H groups in total. The summed E-state index contributed by atoms with van der Waals surface area (Å²) in [4.78, 5) is 16.4. The van der Waals surface area contributed by atoms with Crippen LogP contribution in [0.5, 0.6) is 0 Å². The second kappa shape index (κ2) is 4.40. The Bertz CT molecular complexity index is 445. The number of ketones is 1. The molecule has 0 aliphatic carbocycles. The molecule has 4 heteroatoms. The van der Waals surface area contributed by atoms with E-state index in [1.54, 1.807) is 23.9 Å². The predicted molar refractivity (Wildman–Crippen MR) is 60.4 cm³/mol. The molecule has 3 nitrogen and oxygen atoms in total. The lowest BCUT2D eigenvalue weighted by atomic mass is 10.2. The highest BCUT2D eigenvalue weighted by molar-refractivity contribution is 7.14. The van der Waals surface area contributed by atoms with Crippen LogP contribution < -0.4 is 0 Å². The van der Waals surface area contributed by atoms with E-state index in [1.807, 2.05) is 29.8 Å². The highest BCUT2D eigenvalue weighted by Gasteiger charge is 2.05. The molecule has 0 spiro atoms. The van der Waals surface area contributed by atoms with Gasteiger partial charge in [0.15, 0.2) is 0 Å². The maximum absolute atomic E-state index is 11.3. The minimum absolute atomic E-state index is 0.286. The van der Waals surface area contributed by atoms with Crippen LogP contribution in [0.4, 0.5) is 0 Å². The Morgan fingerprint density at radius 2 is 2.40 bits per heavy atom. The minimum atomic E-state index is 0.286. The van der Waals surface area contributed by atoms with Crippen LogP contribution in [0.25, 0.3) is 5.00 Å². The van der Waals surface area contributed by atoms with E-state index in [2.05, 4.69) is 4.98 Å². The Hall–Kier alpha value is -1.42. The van der Waals surface area contributed by atoms with Gasteiger partial charge in [-0.25, -0.2) is 4.98 Å². The molecule has 2 aromatic rings. The maximum Gasteiger partial charge on any atom is 0.137 e. The highest BCUT2D eigenvalue weighted by atomic mass is 32.1. The van der Waals surface area contributed by atoms with Gasteiger partial charge in [-0.15, -0.1) is 11.3 Å². The van der Waals surface area contributed by atoms with Crippen LogP contribution in [-0.2, 0) is 11.2 Å². The molecule has 0 saturated heterocycles. The van der Waals surface area contributed by atoms with Crippen molar-refractivity contribution in [1.29, 1.82) is 0 Å². The van der Waals surface area contributed by atoms with Gasteiger partial charge in [0.25, 0.3) is 0 Å². The number of nitrogens with zero attached hydrogens (tertiary/aromatic N) is 2. The van der Waals surface area contributed by atoms with Gasteiger partial charge in [-0.1, -0.05) is 6.92 Å². The van der Waals surface area contributed by atoms with Crippen molar-refractivity contribution in [1.82, 2.24) is 9.55 Å². The molecule has 2 aromatic heterocycles. The van der Waals surface area contributed by atoms with Crippen molar-refractivity contribution in [3.05, 3.63) is 35.7 Å². The number of imidazole rings is 1. The number of hydrogen-bond donors (Lipinski definition) is 0. The second-order valence-electron chi connectivity index (χ2n) is 3.28. The molecule has 0 unspecified atom stereocenters. The van der Waals surface area contributed by atoms with Crippen molar-refractivity contribution in [2.45, 2.75) is 19.8 Å². The van der Waals surface area contributed by atoms with Crippen LogP contribution in [0.2, 0.25) is 0 Å². The van der Waals surface area contributed by atoms with E-state index in [-0.39, 0.29) is 5.78 Å². The quantitative estimate of drug-likeness (QED) is 0.793. The third kappa shape index (κ3) is 2.33. The molecule has 0 fully saturated rings. The Labute approximate surface area is 92.4 Å². The van der Waals surface area contributed by atoms with Crippen LogP contribution in [0, 0.1) is 0 Å². The summed E-state index contributed by atoms with van der Waals surface area (Å²) in [6.07, 6.45) is 6.57. The fourth-order valence-electron chi connectivity index (χ4n) is 1.31. The molecule has 0 aliphatic rings. The van der Waals surface area contributed by atoms with Gasteiger partial charge in [0.1, 0.15) is 10.8 Å². The van der Waals surface area contributed by atoms with E-state index >= 15 is 0 Å². The first kappa shape index (κ1) is 10.1. The summed E-state index contributed by atoms with van der Waals surface area (Å²) in [6.45, 7) is 1.90. The van der Waals surface area contributed by atoms with Gasteiger partial charge in [-0.2, -0.15) is 0 Å². The molecule has 2 heterocycles. The van der Waals surface area contributed by atoms with Crippen molar-refractivity contribution in [3.63, 3.8) is 0 Å². The van der Waals surface area contributed by atoms with Crippen molar-refractivity contribution in [2.75, 3.05) is 0 Å². The largest absolute Gasteiger partial charge is 0.299 e. The van der Waals surface area contributed by atoms with Gasteiger partial charge in [0.05, 0.1) is 6.33 Å². The van der Waals surface area contributed by atoms with Crippen LogP contribution in [0.3, 0.4) is 0 Å². The van der Waals surface area contributed by atoms with Crippen LogP contribution in [0.1, 0.15) is 18.2 Å². The van der Waals surface area contributed by atoms with Gasteiger partial charge in [0, 0.05) is 30.1 Å². The lowest BCUT2D eigenvalue weighted by Gasteiger charge is -1.95. The van der Waals surface area contributed by atoms with Crippen molar-refractivity contribution >= 4 is 17.1 Å². The highest BCUT2D eigenvalue weighted by Crippen LogP contribution is 2.21. The fourth-order valence-corrected chi connectivity index (χ4v) is 2.30. The molecule has 78 valence electrons. The summed E-state index contributed by atoms with van der Waals surface area (Å²) in [7, 11) is 0. The van der Waals surface area contributed by atoms with Crippen LogP contribution in [-0.4, -0.2) is 15.3 Å². The number of Topliss-reactive ketones (excluding diaryl/α,β-unsaturated/α-hetero) is 1. The molecular weight excluding hydrogens is 208 g/mol. The van der Waals surface area contributed by atoms with E-state index in [9.17, 15) is 4.79 Å². The first-order valence-electron chi connectivity index (χ1n) is 4.88. The fraction of sp³-hybridized carbons (Fsp3) is 0.273. The van der Waals surface area contributed by atoms with E-state index in [1.165, 1.54) is 0 Å². The SMILES string of the molecule is CCC(=O)Cc1ccc(-n2ccnc2)s1. The predicted octanol–water partition coefficient (Wildman–Crippen LogP) is 2.46. The Morgan fingerprint density at radius 3 is 3.07 bits per heavy atom. The monoisotopic (exact) mass is 220 g/mol. The van der Waals surface area contributed by atoms with E-state index < -0.39 is 0 Å². The van der Waals surface area contributed by atoms with E-state index in [4.69, 9.17) is 0 Å². The molecule has 0 atom stereocenters. The van der Waals surface area contributed by atoms with Crippen LogP contribution in [0.15, 0.2) is 30.9 Å². The Kier molecular flexibility index (Phi) is 2.97. The van der Waals surface area contributed by atoms with E-state index in [0.717, 1.165) is 9.88 Å². The van der Waals surface area contributed by atoms with Gasteiger partial charge < -0.3 is 0 Å². The number of carbonyl (C=O) groups excluding carboxylic acids is 1. The third-order valence-corrected chi connectivity index (χ3v) is 3.27. The summed E-state index contributed by atoms with van der Waals surface area (Å²) in [5, 5.41) is 1.10. The molecule has 0 amide bonds. The zero-order chi connectivity index (χ0) is 10.7. The minimum Gasteiger partial charge on any atom is -0.299 e. The zero-order valence-electron chi connectivity index (χ0n) is 8.51. The molecular formula is C11H12N2OS. The number of thiophene rings is 1. The lowest BCUT2D eigenvalue weighted by Crippen LogP contribution is -1.97. The van der Waals surface area contributed by atoms with E-state index in [0.29, 0.717) is 12.8 Å².